The Morgan fingerprint density at radius 3 is 2.29 bits per heavy atom. The predicted octanol–water partition coefficient (Wildman–Crippen LogP) is 1.59. The smallest absolute Gasteiger partial charge is 0.327 e. The van der Waals surface area contributed by atoms with Crippen LogP contribution in [-0.2, 0) is 17.8 Å². The van der Waals surface area contributed by atoms with E-state index in [1.54, 1.807) is 6.07 Å². The second kappa shape index (κ2) is 6.91. The highest BCUT2D eigenvalue weighted by molar-refractivity contribution is 5.78. The summed E-state index contributed by atoms with van der Waals surface area (Å²) in [7, 11) is 0. The number of rotatable bonds is 3. The van der Waals surface area contributed by atoms with Crippen molar-refractivity contribution in [2.24, 2.45) is 0 Å². The van der Waals surface area contributed by atoms with E-state index in [-0.39, 0.29) is 6.61 Å². The fraction of sp³-hybridized carbons (Fsp3) is 0.300. The van der Waals surface area contributed by atoms with Crippen molar-refractivity contribution in [1.29, 1.82) is 0 Å². The van der Waals surface area contributed by atoms with Crippen LogP contribution in [0.2, 0.25) is 0 Å². The van der Waals surface area contributed by atoms with Gasteiger partial charge in [-0.15, -0.1) is 0 Å². The van der Waals surface area contributed by atoms with Crippen LogP contribution in [-0.4, -0.2) is 16.2 Å². The summed E-state index contributed by atoms with van der Waals surface area (Å²) in [6.45, 7) is 4.97. The molecule has 0 unspecified atom stereocenters. The first kappa shape index (κ1) is 12.4. The molecular weight excluding hydrogens is 184 g/mol. The fourth-order valence-corrected chi connectivity index (χ4v) is 0.697. The summed E-state index contributed by atoms with van der Waals surface area (Å²) in [4.78, 5) is 9.25. The monoisotopic (exact) mass is 198 g/mol. The van der Waals surface area contributed by atoms with Gasteiger partial charge in [0.05, 0.1) is 0 Å². The SMILES string of the molecule is C=CC(=O)O.CCc1ccc(CO)o1. The van der Waals surface area contributed by atoms with Crippen molar-refractivity contribution in [2.45, 2.75) is 20.0 Å². The molecule has 0 bridgehead atoms. The second-order valence-corrected chi connectivity index (χ2v) is 2.42. The van der Waals surface area contributed by atoms with Gasteiger partial charge in [-0.05, 0) is 12.1 Å². The molecular formula is C10H14O4. The van der Waals surface area contributed by atoms with Gasteiger partial charge in [-0.3, -0.25) is 0 Å². The van der Waals surface area contributed by atoms with Gasteiger partial charge in [0.2, 0.25) is 0 Å². The van der Waals surface area contributed by atoms with E-state index in [1.165, 1.54) is 0 Å². The maximum Gasteiger partial charge on any atom is 0.327 e. The van der Waals surface area contributed by atoms with E-state index in [4.69, 9.17) is 14.6 Å². The molecule has 1 heterocycles. The molecule has 0 aliphatic carbocycles. The lowest BCUT2D eigenvalue weighted by molar-refractivity contribution is -0.131. The van der Waals surface area contributed by atoms with Crippen molar-refractivity contribution in [2.75, 3.05) is 0 Å². The summed E-state index contributed by atoms with van der Waals surface area (Å²) in [5.74, 6) is 0.593. The number of carboxylic acids is 1. The Hall–Kier alpha value is -1.55. The number of hydrogen-bond donors (Lipinski definition) is 2. The molecule has 78 valence electrons. The molecule has 0 radical (unpaired) electrons. The number of carboxylic acid groups (broad SMARTS) is 1. The van der Waals surface area contributed by atoms with Crippen LogP contribution in [0.1, 0.15) is 18.4 Å². The molecule has 4 heteroatoms. The lowest BCUT2D eigenvalue weighted by Gasteiger charge is -1.86. The van der Waals surface area contributed by atoms with Crippen LogP contribution in [0.25, 0.3) is 0 Å². The van der Waals surface area contributed by atoms with Crippen LogP contribution in [0, 0.1) is 0 Å². The largest absolute Gasteiger partial charge is 0.478 e. The summed E-state index contributed by atoms with van der Waals surface area (Å²) in [6.07, 6.45) is 1.72. The lowest BCUT2D eigenvalue weighted by Crippen LogP contribution is -1.82. The van der Waals surface area contributed by atoms with Crippen molar-refractivity contribution < 1.29 is 19.4 Å². The highest BCUT2D eigenvalue weighted by Gasteiger charge is 1.95. The maximum absolute atomic E-state index is 9.25. The summed E-state index contributed by atoms with van der Waals surface area (Å²) in [5.41, 5.74) is 0. The molecule has 0 saturated heterocycles. The van der Waals surface area contributed by atoms with Crippen molar-refractivity contribution in [3.63, 3.8) is 0 Å². The quantitative estimate of drug-likeness (QED) is 0.723. The second-order valence-electron chi connectivity index (χ2n) is 2.42. The highest BCUT2D eigenvalue weighted by atomic mass is 16.4. The Morgan fingerprint density at radius 2 is 2.07 bits per heavy atom. The van der Waals surface area contributed by atoms with E-state index >= 15 is 0 Å². The van der Waals surface area contributed by atoms with E-state index < -0.39 is 5.97 Å². The lowest BCUT2D eigenvalue weighted by atomic mass is 10.4. The van der Waals surface area contributed by atoms with E-state index in [9.17, 15) is 4.79 Å². The molecule has 1 aromatic heterocycles. The molecule has 0 spiro atoms. The van der Waals surface area contributed by atoms with Crippen LogP contribution < -0.4 is 0 Å². The Balaban J connectivity index is 0.000000292. The van der Waals surface area contributed by atoms with Crippen molar-refractivity contribution in [3.05, 3.63) is 36.3 Å². The molecule has 0 saturated carbocycles. The number of aryl methyl sites for hydroxylation is 1. The van der Waals surface area contributed by atoms with Crippen molar-refractivity contribution in [1.82, 2.24) is 0 Å². The average Bonchev–Trinajstić information content (AvgIpc) is 2.66. The van der Waals surface area contributed by atoms with Gasteiger partial charge >= 0.3 is 5.97 Å². The molecule has 0 aliphatic rings. The minimum absolute atomic E-state index is 0. The summed E-state index contributed by atoms with van der Waals surface area (Å²) < 4.78 is 5.13. The summed E-state index contributed by atoms with van der Waals surface area (Å²) in [5, 5.41) is 16.2. The van der Waals surface area contributed by atoms with Crippen LogP contribution >= 0.6 is 0 Å². The van der Waals surface area contributed by atoms with Gasteiger partial charge in [0.1, 0.15) is 18.1 Å². The van der Waals surface area contributed by atoms with Gasteiger partial charge in [0.25, 0.3) is 0 Å². The zero-order chi connectivity index (χ0) is 11.0. The molecule has 14 heavy (non-hydrogen) atoms. The topological polar surface area (TPSA) is 70.7 Å². The standard InChI is InChI=1S/C7H10O2.C3H4O2/c1-2-6-3-4-7(5-8)9-6;1-2-3(4)5/h3-4,8H,2,5H2,1H3;2H,1H2,(H,4,5). The Morgan fingerprint density at radius 1 is 1.57 bits per heavy atom. The zero-order valence-electron chi connectivity index (χ0n) is 8.06. The first-order valence-electron chi connectivity index (χ1n) is 4.17. The number of aliphatic hydroxyl groups excluding tert-OH is 1. The van der Waals surface area contributed by atoms with Gasteiger partial charge in [-0.25, -0.2) is 4.79 Å². The fourth-order valence-electron chi connectivity index (χ4n) is 0.697. The van der Waals surface area contributed by atoms with Crippen LogP contribution in [0.4, 0.5) is 0 Å². The van der Waals surface area contributed by atoms with Gasteiger partial charge in [-0.1, -0.05) is 13.5 Å². The van der Waals surface area contributed by atoms with Crippen LogP contribution in [0.15, 0.2) is 29.2 Å². The minimum atomic E-state index is -0.981. The van der Waals surface area contributed by atoms with Crippen LogP contribution in [0.3, 0.4) is 0 Å². The van der Waals surface area contributed by atoms with Gasteiger partial charge in [0, 0.05) is 12.5 Å². The number of carbonyl (C=O) groups is 1. The first-order chi connectivity index (χ1) is 6.63. The molecule has 2 N–H and O–H groups in total. The third-order valence-corrected chi connectivity index (χ3v) is 1.40. The van der Waals surface area contributed by atoms with Crippen molar-refractivity contribution >= 4 is 5.97 Å². The number of aliphatic carboxylic acids is 1. The summed E-state index contributed by atoms with van der Waals surface area (Å²) in [6, 6.07) is 3.67. The Labute approximate surface area is 82.5 Å². The third kappa shape index (κ3) is 5.16. The van der Waals surface area contributed by atoms with Crippen LogP contribution in [0.5, 0.6) is 0 Å². The van der Waals surface area contributed by atoms with Gasteiger partial charge < -0.3 is 14.6 Å². The first-order valence-corrected chi connectivity index (χ1v) is 4.17. The number of aliphatic hydroxyl groups is 1. The van der Waals surface area contributed by atoms with E-state index in [0.29, 0.717) is 5.76 Å². The number of furan rings is 1. The Kier molecular flexibility index (Phi) is 6.15. The third-order valence-electron chi connectivity index (χ3n) is 1.40. The predicted molar refractivity (Wildman–Crippen MR) is 51.8 cm³/mol. The molecule has 0 aromatic carbocycles. The van der Waals surface area contributed by atoms with E-state index in [2.05, 4.69) is 6.58 Å². The Bertz CT molecular complexity index is 270. The minimum Gasteiger partial charge on any atom is -0.478 e. The number of hydrogen-bond acceptors (Lipinski definition) is 3. The molecule has 1 rings (SSSR count). The molecule has 4 nitrogen and oxygen atoms in total. The van der Waals surface area contributed by atoms with Crippen molar-refractivity contribution in [3.8, 4) is 0 Å². The summed E-state index contributed by atoms with van der Waals surface area (Å²) >= 11 is 0. The maximum atomic E-state index is 9.25. The van der Waals surface area contributed by atoms with Gasteiger partial charge in [0.15, 0.2) is 0 Å². The molecule has 0 atom stereocenters. The normalized spacial score (nSPS) is 8.71. The highest BCUT2D eigenvalue weighted by Crippen LogP contribution is 2.07. The van der Waals surface area contributed by atoms with Gasteiger partial charge in [-0.2, -0.15) is 0 Å². The van der Waals surface area contributed by atoms with E-state index in [1.807, 2.05) is 13.0 Å². The van der Waals surface area contributed by atoms with E-state index in [0.717, 1.165) is 18.3 Å². The molecule has 0 amide bonds. The molecule has 0 aliphatic heterocycles. The average molecular weight is 198 g/mol. The molecule has 1 aromatic rings. The zero-order valence-corrected chi connectivity index (χ0v) is 8.06. The molecule has 0 fully saturated rings.